The van der Waals surface area contributed by atoms with E-state index < -0.39 is 11.4 Å². The molecular formula is C33H30N3O5+. The van der Waals surface area contributed by atoms with Gasteiger partial charge >= 0.3 is 11.9 Å². The summed E-state index contributed by atoms with van der Waals surface area (Å²) in [6.45, 7) is 5.54. The first-order valence-corrected chi connectivity index (χ1v) is 13.3. The monoisotopic (exact) mass is 548 g/mol. The molecule has 8 heteroatoms. The molecule has 1 aromatic heterocycles. The summed E-state index contributed by atoms with van der Waals surface area (Å²) in [6, 6.07) is 22.1. The van der Waals surface area contributed by atoms with Gasteiger partial charge in [-0.2, -0.15) is 9.83 Å². The number of allylic oxidation sites excluding steroid dienone is 5. The Morgan fingerprint density at radius 1 is 1.15 bits per heavy atom. The van der Waals surface area contributed by atoms with Gasteiger partial charge in [0.25, 0.3) is 12.0 Å². The summed E-state index contributed by atoms with van der Waals surface area (Å²) in [5.74, 6) is -0.358. The fourth-order valence-corrected chi connectivity index (χ4v) is 5.54. The lowest BCUT2D eigenvalue weighted by Gasteiger charge is -2.26. The van der Waals surface area contributed by atoms with Crippen molar-refractivity contribution < 1.29 is 28.4 Å². The zero-order valence-corrected chi connectivity index (χ0v) is 22.9. The minimum Gasteiger partial charge on any atom is -0.481 e. The molecule has 0 spiro atoms. The molecule has 41 heavy (non-hydrogen) atoms. The lowest BCUT2D eigenvalue weighted by Crippen LogP contribution is -2.37. The molecule has 2 heterocycles. The van der Waals surface area contributed by atoms with Gasteiger partial charge in [-0.3, -0.25) is 9.59 Å². The molecule has 206 valence electrons. The highest BCUT2D eigenvalue weighted by Gasteiger charge is 2.41. The summed E-state index contributed by atoms with van der Waals surface area (Å²) < 4.78 is 12.8. The maximum absolute atomic E-state index is 11.5. The van der Waals surface area contributed by atoms with Crippen LogP contribution < -0.4 is 9.47 Å². The predicted molar refractivity (Wildman–Crippen MR) is 156 cm³/mol. The molecule has 0 saturated heterocycles. The number of oxazole rings is 1. The molecule has 0 fully saturated rings. The van der Waals surface area contributed by atoms with Gasteiger partial charge in [0.1, 0.15) is 0 Å². The summed E-state index contributed by atoms with van der Waals surface area (Å²) in [6.07, 6.45) is 7.03. The zero-order chi connectivity index (χ0) is 29.0. The van der Waals surface area contributed by atoms with Crippen molar-refractivity contribution in [2.75, 3.05) is 18.1 Å². The van der Waals surface area contributed by atoms with Crippen LogP contribution in [0.1, 0.15) is 31.7 Å². The standard InChI is InChI=1S/C33H29N3O5/c1-33(2)29(35(18-17-31(38)39)27-14-13-24-7-3-4-8-25(24)32(27)33)15-11-23(21-34)12-16-30-36(19-20-40-22-37)26-9-5-6-10-28(26)41-30/h3-16,22H,17-20H2,1-2H3/p+1. The molecule has 1 aliphatic heterocycles. The molecule has 0 bridgehead atoms. The smallest absolute Gasteiger partial charge is 0.374 e. The number of aromatic nitrogens is 1. The first-order chi connectivity index (χ1) is 19.8. The summed E-state index contributed by atoms with van der Waals surface area (Å²) in [5, 5.41) is 21.6. The summed E-state index contributed by atoms with van der Waals surface area (Å²) in [7, 11) is 0. The van der Waals surface area contributed by atoms with Crippen molar-refractivity contribution in [3.8, 4) is 6.07 Å². The number of carbonyl (C=O) groups is 2. The van der Waals surface area contributed by atoms with E-state index in [0.29, 0.717) is 36.6 Å². The van der Waals surface area contributed by atoms with Crippen molar-refractivity contribution in [1.82, 2.24) is 0 Å². The molecule has 1 aliphatic rings. The number of anilines is 1. The number of aliphatic carboxylic acids is 1. The molecular weight excluding hydrogens is 518 g/mol. The average Bonchev–Trinajstić information content (AvgIpc) is 3.43. The molecule has 0 unspecified atom stereocenters. The number of nitrogens with zero attached hydrogens (tertiary/aromatic N) is 3. The minimum absolute atomic E-state index is 0.0196. The third-order valence-corrected chi connectivity index (χ3v) is 7.40. The Bertz CT molecular complexity index is 1770. The first-order valence-electron chi connectivity index (χ1n) is 13.3. The van der Waals surface area contributed by atoms with Gasteiger partial charge in [0.2, 0.25) is 5.58 Å². The Kier molecular flexibility index (Phi) is 7.70. The van der Waals surface area contributed by atoms with Crippen LogP contribution in [0, 0.1) is 11.3 Å². The molecule has 8 nitrogen and oxygen atoms in total. The number of benzene rings is 3. The van der Waals surface area contributed by atoms with Crippen LogP contribution in [0.25, 0.3) is 27.9 Å². The maximum atomic E-state index is 11.5. The molecule has 5 rings (SSSR count). The van der Waals surface area contributed by atoms with Crippen LogP contribution in [0.15, 0.2) is 94.6 Å². The molecule has 3 aromatic carbocycles. The second kappa shape index (κ2) is 11.5. The second-order valence-electron chi connectivity index (χ2n) is 10.2. The van der Waals surface area contributed by atoms with E-state index in [2.05, 4.69) is 38.1 Å². The number of carboxylic acids is 1. The van der Waals surface area contributed by atoms with E-state index in [9.17, 15) is 20.0 Å². The Labute approximate surface area is 237 Å². The highest BCUT2D eigenvalue weighted by atomic mass is 16.5. The largest absolute Gasteiger partial charge is 0.481 e. The van der Waals surface area contributed by atoms with Gasteiger partial charge in [-0.1, -0.05) is 56.3 Å². The third kappa shape index (κ3) is 5.35. The summed E-state index contributed by atoms with van der Waals surface area (Å²) in [5.41, 5.74) is 4.50. The number of carbonyl (C=O) groups excluding carboxylic acids is 1. The predicted octanol–water partition coefficient (Wildman–Crippen LogP) is 5.67. The van der Waals surface area contributed by atoms with Gasteiger partial charge in [0, 0.05) is 29.4 Å². The molecule has 4 aromatic rings. The van der Waals surface area contributed by atoms with Crippen LogP contribution in [-0.2, 0) is 26.3 Å². The van der Waals surface area contributed by atoms with Crippen molar-refractivity contribution in [3.05, 3.63) is 102 Å². The highest BCUT2D eigenvalue weighted by molar-refractivity contribution is 5.95. The lowest BCUT2D eigenvalue weighted by molar-refractivity contribution is -0.679. The number of hydrogen-bond acceptors (Lipinski definition) is 6. The van der Waals surface area contributed by atoms with Gasteiger partial charge in [-0.05, 0) is 46.7 Å². The van der Waals surface area contributed by atoms with E-state index in [0.717, 1.165) is 33.2 Å². The molecule has 1 N–H and O–H groups in total. The van der Waals surface area contributed by atoms with E-state index in [1.54, 1.807) is 18.2 Å². The fraction of sp³-hybridized carbons (Fsp3) is 0.212. The first kappa shape index (κ1) is 27.4. The number of ether oxygens (including phenoxy) is 1. The number of para-hydroxylation sites is 2. The number of rotatable bonds is 10. The number of hydrogen-bond donors (Lipinski definition) is 1. The molecule has 0 atom stereocenters. The van der Waals surface area contributed by atoms with Crippen LogP contribution in [0.4, 0.5) is 5.69 Å². The molecule has 0 aliphatic carbocycles. The quantitative estimate of drug-likeness (QED) is 0.0895. The Morgan fingerprint density at radius 3 is 2.71 bits per heavy atom. The van der Waals surface area contributed by atoms with Crippen LogP contribution in [-0.4, -0.2) is 30.7 Å². The Balaban J connectivity index is 1.53. The topological polar surface area (TPSA) is 108 Å². The summed E-state index contributed by atoms with van der Waals surface area (Å²) >= 11 is 0. The fourth-order valence-electron chi connectivity index (χ4n) is 5.54. The van der Waals surface area contributed by atoms with Crippen molar-refractivity contribution in [2.24, 2.45) is 0 Å². The minimum atomic E-state index is -0.870. The third-order valence-electron chi connectivity index (χ3n) is 7.40. The van der Waals surface area contributed by atoms with Crippen molar-refractivity contribution in [3.63, 3.8) is 0 Å². The maximum Gasteiger partial charge on any atom is 0.374 e. The van der Waals surface area contributed by atoms with Crippen LogP contribution in [0.5, 0.6) is 0 Å². The number of nitriles is 1. The van der Waals surface area contributed by atoms with Gasteiger partial charge in [0.05, 0.1) is 24.1 Å². The van der Waals surface area contributed by atoms with E-state index in [1.165, 1.54) is 0 Å². The average molecular weight is 549 g/mol. The van der Waals surface area contributed by atoms with E-state index in [-0.39, 0.29) is 13.0 Å². The second-order valence-corrected chi connectivity index (χ2v) is 10.2. The van der Waals surface area contributed by atoms with Gasteiger partial charge < -0.3 is 19.2 Å². The zero-order valence-electron chi connectivity index (χ0n) is 22.9. The van der Waals surface area contributed by atoms with E-state index in [1.807, 2.05) is 58.0 Å². The number of carboxylic acid groups (broad SMARTS) is 1. The van der Waals surface area contributed by atoms with Crippen molar-refractivity contribution in [2.45, 2.75) is 32.2 Å². The van der Waals surface area contributed by atoms with Crippen LogP contribution >= 0.6 is 0 Å². The van der Waals surface area contributed by atoms with Crippen LogP contribution in [0.3, 0.4) is 0 Å². The van der Waals surface area contributed by atoms with E-state index in [4.69, 9.17) is 9.15 Å². The molecule has 0 radical (unpaired) electrons. The van der Waals surface area contributed by atoms with Crippen molar-refractivity contribution in [1.29, 1.82) is 5.26 Å². The molecule has 0 saturated carbocycles. The Hall–Kier alpha value is -5.16. The van der Waals surface area contributed by atoms with Gasteiger partial charge in [0.15, 0.2) is 13.2 Å². The summed E-state index contributed by atoms with van der Waals surface area (Å²) in [4.78, 5) is 24.2. The van der Waals surface area contributed by atoms with E-state index >= 15 is 0 Å². The normalized spacial score (nSPS) is 15.5. The molecule has 0 amide bonds. The highest BCUT2D eigenvalue weighted by Crippen LogP contribution is 2.50. The van der Waals surface area contributed by atoms with Crippen LogP contribution in [0.2, 0.25) is 0 Å². The van der Waals surface area contributed by atoms with Gasteiger partial charge in [-0.15, -0.1) is 0 Å². The Morgan fingerprint density at radius 2 is 1.93 bits per heavy atom. The lowest BCUT2D eigenvalue weighted by atomic mass is 9.81. The van der Waals surface area contributed by atoms with Gasteiger partial charge in [-0.25, -0.2) is 0 Å². The van der Waals surface area contributed by atoms with Crippen molar-refractivity contribution >= 4 is 46.1 Å². The SMILES string of the molecule is CC1(C)\C(=C/C=C(C#N)/C=C/c2oc3ccccc3[n+]2CCOC=O)N(CCC(=O)O)c2ccc3ccccc3c21. The number of fused-ring (bicyclic) bond motifs is 4.